The highest BCUT2D eigenvalue weighted by atomic mass is 16.5. The second-order valence-electron chi connectivity index (χ2n) is 5.43. The first-order valence-electron chi connectivity index (χ1n) is 7.66. The molecule has 0 radical (unpaired) electrons. The molecule has 3 rings (SSSR count). The topological polar surface area (TPSA) is 83.8 Å². The average molecular weight is 335 g/mol. The molecule has 0 saturated heterocycles. The highest BCUT2D eigenvalue weighted by molar-refractivity contribution is 6.06. The van der Waals surface area contributed by atoms with Crippen LogP contribution >= 0.6 is 0 Å². The summed E-state index contributed by atoms with van der Waals surface area (Å²) in [7, 11) is 1.47. The summed E-state index contributed by atoms with van der Waals surface area (Å²) in [6, 6.07) is 14.2. The number of fused-ring (bicyclic) bond motifs is 1. The largest absolute Gasteiger partial charge is 0.504 e. The van der Waals surface area contributed by atoms with Crippen molar-refractivity contribution >= 4 is 23.0 Å². The van der Waals surface area contributed by atoms with Gasteiger partial charge in [0, 0.05) is 16.6 Å². The fourth-order valence-corrected chi connectivity index (χ4v) is 2.52. The van der Waals surface area contributed by atoms with Crippen LogP contribution in [0.2, 0.25) is 0 Å². The number of benzene rings is 2. The van der Waals surface area contributed by atoms with Crippen LogP contribution in [0.5, 0.6) is 11.5 Å². The molecular weight excluding hydrogens is 318 g/mol. The van der Waals surface area contributed by atoms with Crippen LogP contribution in [0.15, 0.2) is 53.6 Å². The van der Waals surface area contributed by atoms with E-state index in [2.05, 4.69) is 15.5 Å². The van der Waals surface area contributed by atoms with Gasteiger partial charge in [0.2, 0.25) is 0 Å². The molecule has 0 aliphatic rings. The van der Waals surface area contributed by atoms with Crippen LogP contribution in [0.25, 0.3) is 10.9 Å². The number of aromatic hydroxyl groups is 1. The minimum absolute atomic E-state index is 0.0341. The van der Waals surface area contributed by atoms with E-state index in [4.69, 9.17) is 4.74 Å². The summed E-state index contributed by atoms with van der Waals surface area (Å²) in [4.78, 5) is 16.9. The lowest BCUT2D eigenvalue weighted by Gasteiger charge is -2.07. The van der Waals surface area contributed by atoms with Crippen molar-refractivity contribution in [1.82, 2.24) is 10.4 Å². The number of phenols is 1. The molecule has 0 atom stereocenters. The number of hydrogen-bond acceptors (Lipinski definition) is 5. The lowest BCUT2D eigenvalue weighted by molar-refractivity contribution is 0.0956. The van der Waals surface area contributed by atoms with Crippen molar-refractivity contribution in [1.29, 1.82) is 0 Å². The summed E-state index contributed by atoms with van der Waals surface area (Å²) in [5.41, 5.74) is 4.92. The van der Waals surface area contributed by atoms with Gasteiger partial charge in [-0.25, -0.2) is 5.43 Å². The van der Waals surface area contributed by atoms with Crippen molar-refractivity contribution in [2.75, 3.05) is 7.11 Å². The Bertz CT molecular complexity index is 967. The minimum Gasteiger partial charge on any atom is -0.504 e. The fourth-order valence-electron chi connectivity index (χ4n) is 2.52. The number of aryl methyl sites for hydroxylation is 1. The van der Waals surface area contributed by atoms with E-state index in [1.165, 1.54) is 13.3 Å². The number of carbonyl (C=O) groups excluding carboxylic acids is 1. The molecule has 6 nitrogen and oxygen atoms in total. The van der Waals surface area contributed by atoms with Crippen molar-refractivity contribution in [3.8, 4) is 11.5 Å². The number of methoxy groups -OCH3 is 1. The lowest BCUT2D eigenvalue weighted by Crippen LogP contribution is -2.18. The summed E-state index contributed by atoms with van der Waals surface area (Å²) in [5.74, 6) is -0.0421. The van der Waals surface area contributed by atoms with Gasteiger partial charge in [-0.2, -0.15) is 5.10 Å². The molecule has 2 aromatic carbocycles. The van der Waals surface area contributed by atoms with Gasteiger partial charge in [0.1, 0.15) is 0 Å². The van der Waals surface area contributed by atoms with E-state index >= 15 is 0 Å². The summed E-state index contributed by atoms with van der Waals surface area (Å²) in [6.45, 7) is 1.83. The van der Waals surface area contributed by atoms with Crippen LogP contribution in [-0.2, 0) is 0 Å². The first-order valence-corrected chi connectivity index (χ1v) is 7.66. The number of pyridine rings is 1. The molecule has 0 saturated carbocycles. The Morgan fingerprint density at radius 3 is 2.84 bits per heavy atom. The average Bonchev–Trinajstić information content (AvgIpc) is 2.62. The first kappa shape index (κ1) is 16.4. The Morgan fingerprint density at radius 2 is 2.04 bits per heavy atom. The lowest BCUT2D eigenvalue weighted by atomic mass is 10.1. The summed E-state index contributed by atoms with van der Waals surface area (Å²) >= 11 is 0. The quantitative estimate of drug-likeness (QED) is 0.567. The van der Waals surface area contributed by atoms with Crippen molar-refractivity contribution in [3.63, 3.8) is 0 Å². The van der Waals surface area contributed by atoms with Gasteiger partial charge < -0.3 is 9.84 Å². The Balaban J connectivity index is 1.84. The highest BCUT2D eigenvalue weighted by Crippen LogP contribution is 2.27. The maximum atomic E-state index is 12.5. The van der Waals surface area contributed by atoms with Crippen molar-refractivity contribution in [2.45, 2.75) is 6.92 Å². The second kappa shape index (κ2) is 7.00. The van der Waals surface area contributed by atoms with Gasteiger partial charge in [-0.05, 0) is 31.2 Å². The molecule has 0 aliphatic heterocycles. The molecule has 0 fully saturated rings. The predicted molar refractivity (Wildman–Crippen MR) is 96.2 cm³/mol. The molecule has 2 N–H and O–H groups in total. The molecule has 1 aromatic heterocycles. The number of hydrazone groups is 1. The van der Waals surface area contributed by atoms with E-state index in [0.29, 0.717) is 16.9 Å². The maximum Gasteiger partial charge on any atom is 0.272 e. The highest BCUT2D eigenvalue weighted by Gasteiger charge is 2.11. The van der Waals surface area contributed by atoms with Crippen molar-refractivity contribution < 1.29 is 14.6 Å². The number of rotatable bonds is 4. The minimum atomic E-state index is -0.347. The van der Waals surface area contributed by atoms with E-state index in [9.17, 15) is 9.90 Å². The number of hydrogen-bond donors (Lipinski definition) is 2. The van der Waals surface area contributed by atoms with Crippen molar-refractivity contribution in [3.05, 3.63) is 65.4 Å². The van der Waals surface area contributed by atoms with Gasteiger partial charge in [-0.3, -0.25) is 9.78 Å². The van der Waals surface area contributed by atoms with Gasteiger partial charge in [0.15, 0.2) is 11.5 Å². The van der Waals surface area contributed by atoms with Gasteiger partial charge in [0.05, 0.1) is 24.4 Å². The second-order valence-corrected chi connectivity index (χ2v) is 5.43. The zero-order chi connectivity index (χ0) is 17.8. The molecular formula is C19H17N3O3. The Hall–Kier alpha value is -3.41. The number of aromatic nitrogens is 1. The van der Waals surface area contributed by atoms with E-state index < -0.39 is 0 Å². The van der Waals surface area contributed by atoms with Gasteiger partial charge in [-0.15, -0.1) is 0 Å². The Labute approximate surface area is 144 Å². The predicted octanol–water partition coefficient (Wildman–Crippen LogP) is 3.02. The molecule has 0 aliphatic carbocycles. The number of nitrogens with one attached hydrogen (secondary N) is 1. The molecule has 0 bridgehead atoms. The normalized spacial score (nSPS) is 11.0. The zero-order valence-electron chi connectivity index (χ0n) is 13.9. The number of carbonyl (C=O) groups is 1. The molecule has 25 heavy (non-hydrogen) atoms. The fraction of sp³-hybridized carbons (Fsp3) is 0.105. The molecule has 126 valence electrons. The first-order chi connectivity index (χ1) is 12.1. The van der Waals surface area contributed by atoms with Crippen LogP contribution in [0.3, 0.4) is 0 Å². The van der Waals surface area contributed by atoms with Gasteiger partial charge >= 0.3 is 0 Å². The van der Waals surface area contributed by atoms with Crippen LogP contribution < -0.4 is 10.2 Å². The van der Waals surface area contributed by atoms with Crippen LogP contribution in [0, 0.1) is 6.92 Å². The third-order valence-corrected chi connectivity index (χ3v) is 3.71. The van der Waals surface area contributed by atoms with E-state index in [1.807, 2.05) is 31.2 Å². The monoisotopic (exact) mass is 335 g/mol. The number of phenolic OH excluding ortho intramolecular Hbond substituents is 1. The number of nitrogens with zero attached hydrogens (tertiary/aromatic N) is 2. The number of amides is 1. The number of ether oxygens (including phenoxy) is 1. The van der Waals surface area contributed by atoms with Crippen molar-refractivity contribution in [2.24, 2.45) is 5.10 Å². The summed E-state index contributed by atoms with van der Waals surface area (Å²) < 4.78 is 5.04. The van der Waals surface area contributed by atoms with Gasteiger partial charge in [-0.1, -0.05) is 24.3 Å². The molecule has 6 heteroatoms. The molecule has 3 aromatic rings. The smallest absolute Gasteiger partial charge is 0.272 e. The van der Waals surface area contributed by atoms with Gasteiger partial charge in [0.25, 0.3) is 5.91 Å². The molecule has 0 unspecified atom stereocenters. The number of para-hydroxylation sites is 2. The Morgan fingerprint density at radius 1 is 1.24 bits per heavy atom. The maximum absolute atomic E-state index is 12.5. The van der Waals surface area contributed by atoms with E-state index in [1.54, 1.807) is 24.3 Å². The molecule has 0 spiro atoms. The van der Waals surface area contributed by atoms with Crippen LogP contribution in [0.1, 0.15) is 21.6 Å². The zero-order valence-corrected chi connectivity index (χ0v) is 13.9. The molecule has 1 heterocycles. The summed E-state index contributed by atoms with van der Waals surface area (Å²) in [5, 5.41) is 14.7. The molecule has 1 amide bonds. The third kappa shape index (κ3) is 3.42. The summed E-state index contributed by atoms with van der Waals surface area (Å²) in [6.07, 6.45) is 1.37. The standard InChI is InChI=1S/C19H17N3O3/c1-12-10-15(14-7-3-4-8-16(14)21-12)19(24)22-20-11-13-6-5-9-17(25-2)18(13)23/h3-11,23H,1-2H3,(H,22,24)/b20-11-. The third-order valence-electron chi connectivity index (χ3n) is 3.71. The van der Waals surface area contributed by atoms with E-state index in [-0.39, 0.29) is 11.7 Å². The van der Waals surface area contributed by atoms with E-state index in [0.717, 1.165) is 16.6 Å². The van der Waals surface area contributed by atoms with Crippen LogP contribution in [0.4, 0.5) is 0 Å². The SMILES string of the molecule is COc1cccc(/C=N\NC(=O)c2cc(C)nc3ccccc23)c1O. The van der Waals surface area contributed by atoms with Crippen LogP contribution in [-0.4, -0.2) is 29.3 Å². The Kier molecular flexibility index (Phi) is 4.61.